The van der Waals surface area contributed by atoms with Crippen molar-refractivity contribution < 1.29 is 28.7 Å². The van der Waals surface area contributed by atoms with Gasteiger partial charge in [0.15, 0.2) is 5.96 Å². The number of rotatable bonds is 9. The Hall–Kier alpha value is -3.91. The van der Waals surface area contributed by atoms with Crippen LogP contribution in [0.25, 0.3) is 16.5 Å². The zero-order valence-electron chi connectivity index (χ0n) is 30.7. The summed E-state index contributed by atoms with van der Waals surface area (Å²) in [5, 5.41) is 16.9. The van der Waals surface area contributed by atoms with Crippen LogP contribution in [0.5, 0.6) is 0 Å². The molecule has 4 rings (SSSR count). The molecule has 0 spiro atoms. The van der Waals surface area contributed by atoms with E-state index < -0.39 is 29.4 Å². The highest BCUT2D eigenvalue weighted by Gasteiger charge is 2.39. The van der Waals surface area contributed by atoms with Crippen molar-refractivity contribution in [2.45, 2.75) is 97.9 Å². The van der Waals surface area contributed by atoms with Crippen molar-refractivity contribution in [3.63, 3.8) is 0 Å². The number of likely N-dealkylation sites (N-methyl/N-ethyl adjacent to an activating group) is 1. The number of hydrogen-bond donors (Lipinski definition) is 4. The van der Waals surface area contributed by atoms with Crippen LogP contribution in [0, 0.1) is 11.3 Å². The Morgan fingerprint density at radius 2 is 1.68 bits per heavy atom. The van der Waals surface area contributed by atoms with Crippen LogP contribution in [0.3, 0.4) is 0 Å². The summed E-state index contributed by atoms with van der Waals surface area (Å²) in [4.78, 5) is 57.0. The SMILES string of the molecule is CCN(CC)C(=O)[C@@H]1C=C2c3cccc4c3c(c(Br)n4C(=O)[C@H](CCCNC(=N)NC(=O)OC(C)(C)C)NC(=O)OC(C)(C)C)C[C@H]2N(C)C1. The number of guanidine groups is 1. The zero-order valence-corrected chi connectivity index (χ0v) is 32.2. The Labute approximate surface area is 303 Å². The smallest absolute Gasteiger partial charge is 0.414 e. The van der Waals surface area contributed by atoms with Crippen molar-refractivity contribution in [1.29, 1.82) is 5.41 Å². The van der Waals surface area contributed by atoms with E-state index in [1.807, 2.05) is 44.0 Å². The second kappa shape index (κ2) is 15.5. The minimum absolute atomic E-state index is 0.0301. The van der Waals surface area contributed by atoms with Crippen molar-refractivity contribution in [3.8, 4) is 0 Å². The molecule has 3 amide bonds. The fraction of sp³-hybridized carbons (Fsp3) is 0.583. The molecule has 1 aromatic heterocycles. The van der Waals surface area contributed by atoms with Crippen molar-refractivity contribution >= 4 is 62.4 Å². The van der Waals surface area contributed by atoms with E-state index in [1.165, 1.54) is 0 Å². The molecule has 0 unspecified atom stereocenters. The first-order valence-corrected chi connectivity index (χ1v) is 18.0. The Morgan fingerprint density at radius 1 is 1.04 bits per heavy atom. The van der Waals surface area contributed by atoms with Crippen LogP contribution >= 0.6 is 15.9 Å². The number of halogens is 1. The number of aromatic nitrogens is 1. The Kier molecular flexibility index (Phi) is 12.1. The highest BCUT2D eigenvalue weighted by molar-refractivity contribution is 9.10. The number of fused-ring (bicyclic) bond motifs is 2. The minimum Gasteiger partial charge on any atom is -0.444 e. The van der Waals surface area contributed by atoms with Crippen LogP contribution in [0.4, 0.5) is 9.59 Å². The van der Waals surface area contributed by atoms with Gasteiger partial charge in [0, 0.05) is 37.6 Å². The predicted molar refractivity (Wildman–Crippen MR) is 197 cm³/mol. The summed E-state index contributed by atoms with van der Waals surface area (Å²) >= 11 is 3.77. The fourth-order valence-electron chi connectivity index (χ4n) is 6.57. The molecule has 13 nitrogen and oxygen atoms in total. The molecule has 0 radical (unpaired) electrons. The van der Waals surface area contributed by atoms with E-state index in [1.54, 1.807) is 46.1 Å². The number of hydrogen-bond acceptors (Lipinski definition) is 8. The van der Waals surface area contributed by atoms with Gasteiger partial charge in [-0.05, 0) is 120 Å². The highest BCUT2D eigenvalue weighted by Crippen LogP contribution is 2.45. The quantitative estimate of drug-likeness (QED) is 0.148. The Morgan fingerprint density at radius 3 is 2.30 bits per heavy atom. The second-order valence-corrected chi connectivity index (χ2v) is 15.6. The summed E-state index contributed by atoms with van der Waals surface area (Å²) in [6.45, 7) is 16.6. The number of carbonyl (C=O) groups excluding carboxylic acids is 4. The lowest BCUT2D eigenvalue weighted by Crippen LogP contribution is -2.47. The maximum Gasteiger partial charge on any atom is 0.414 e. The molecule has 274 valence electrons. The number of amides is 3. The average molecular weight is 759 g/mol. The normalized spacial score (nSPS) is 18.0. The van der Waals surface area contributed by atoms with E-state index in [4.69, 9.17) is 14.9 Å². The molecule has 1 aromatic carbocycles. The van der Waals surface area contributed by atoms with Gasteiger partial charge in [0.25, 0.3) is 5.91 Å². The first kappa shape index (κ1) is 38.9. The summed E-state index contributed by atoms with van der Waals surface area (Å²) in [6.07, 6.45) is 1.88. The summed E-state index contributed by atoms with van der Waals surface area (Å²) in [5.74, 6) is -0.744. The van der Waals surface area contributed by atoms with Crippen LogP contribution in [0.2, 0.25) is 0 Å². The van der Waals surface area contributed by atoms with Gasteiger partial charge in [-0.1, -0.05) is 18.2 Å². The first-order valence-electron chi connectivity index (χ1n) is 17.2. The third kappa shape index (κ3) is 9.05. The zero-order chi connectivity index (χ0) is 37.1. The topological polar surface area (TPSA) is 158 Å². The summed E-state index contributed by atoms with van der Waals surface area (Å²) in [6, 6.07) is 4.92. The van der Waals surface area contributed by atoms with Gasteiger partial charge in [-0.3, -0.25) is 29.8 Å². The molecule has 50 heavy (non-hydrogen) atoms. The lowest BCUT2D eigenvalue weighted by atomic mass is 9.79. The predicted octanol–water partition coefficient (Wildman–Crippen LogP) is 5.50. The molecule has 2 heterocycles. The summed E-state index contributed by atoms with van der Waals surface area (Å²) < 4.78 is 12.9. The maximum absolute atomic E-state index is 14.5. The van der Waals surface area contributed by atoms with Gasteiger partial charge in [-0.15, -0.1) is 0 Å². The van der Waals surface area contributed by atoms with Gasteiger partial charge in [0.1, 0.15) is 17.2 Å². The second-order valence-electron chi connectivity index (χ2n) is 14.8. The van der Waals surface area contributed by atoms with Gasteiger partial charge < -0.3 is 25.0 Å². The Balaban J connectivity index is 1.62. The van der Waals surface area contributed by atoms with Crippen LogP contribution in [-0.4, -0.2) is 101 Å². The van der Waals surface area contributed by atoms with Gasteiger partial charge in [-0.25, -0.2) is 9.59 Å². The van der Waals surface area contributed by atoms with E-state index in [9.17, 15) is 19.2 Å². The number of carbonyl (C=O) groups is 4. The maximum atomic E-state index is 14.5. The average Bonchev–Trinajstić information content (AvgIpc) is 3.29. The monoisotopic (exact) mass is 757 g/mol. The third-order valence-electron chi connectivity index (χ3n) is 8.69. The van der Waals surface area contributed by atoms with Crippen LogP contribution in [-0.2, 0) is 20.7 Å². The van der Waals surface area contributed by atoms with E-state index in [0.717, 1.165) is 22.1 Å². The molecular weight excluding hydrogens is 706 g/mol. The van der Waals surface area contributed by atoms with Crippen molar-refractivity contribution in [2.75, 3.05) is 33.2 Å². The van der Waals surface area contributed by atoms with E-state index in [2.05, 4.69) is 42.9 Å². The standard InChI is InChI=1S/C36H52BrN7O6/c1-10-43(11-2)30(45)21-18-23-22-14-12-16-26-28(22)24(19-27(23)42(9)20-21)29(37)44(26)31(46)25(40-33(47)49-35(3,4)5)15-13-17-39-32(38)41-34(48)50-36(6,7)8/h12,14,16,18,21,25,27H,10-11,13,15,17,19-20H2,1-9H3,(H,40,47)(H3,38,39,41,48)/t21-,25+,27-/m1/s1. The number of nitrogens with zero attached hydrogens (tertiary/aromatic N) is 3. The molecule has 3 atom stereocenters. The molecule has 1 aliphatic heterocycles. The minimum atomic E-state index is -0.968. The summed E-state index contributed by atoms with van der Waals surface area (Å²) in [7, 11) is 2.04. The lowest BCUT2D eigenvalue weighted by Gasteiger charge is -2.40. The molecule has 4 N–H and O–H groups in total. The van der Waals surface area contributed by atoms with E-state index in [-0.39, 0.29) is 42.7 Å². The molecule has 1 aliphatic carbocycles. The van der Waals surface area contributed by atoms with Crippen LogP contribution in [0.15, 0.2) is 28.9 Å². The molecule has 0 saturated carbocycles. The van der Waals surface area contributed by atoms with Crippen LogP contribution < -0.4 is 16.0 Å². The molecule has 0 fully saturated rings. The van der Waals surface area contributed by atoms with E-state index in [0.29, 0.717) is 42.6 Å². The van der Waals surface area contributed by atoms with Crippen LogP contribution in [0.1, 0.15) is 84.2 Å². The van der Waals surface area contributed by atoms with Gasteiger partial charge in [-0.2, -0.15) is 0 Å². The largest absolute Gasteiger partial charge is 0.444 e. The van der Waals surface area contributed by atoms with Gasteiger partial charge >= 0.3 is 12.2 Å². The molecule has 2 aliphatic rings. The van der Waals surface area contributed by atoms with Crippen molar-refractivity contribution in [1.82, 2.24) is 30.3 Å². The van der Waals surface area contributed by atoms with Gasteiger partial charge in [0.05, 0.1) is 16.0 Å². The number of alkyl carbamates (subject to hydrolysis) is 2. The first-order chi connectivity index (χ1) is 23.3. The summed E-state index contributed by atoms with van der Waals surface area (Å²) in [5.41, 5.74) is 2.28. The molecule has 2 aromatic rings. The highest BCUT2D eigenvalue weighted by atomic mass is 79.9. The van der Waals surface area contributed by atoms with Gasteiger partial charge in [0.2, 0.25) is 5.91 Å². The number of benzene rings is 1. The molecule has 0 saturated heterocycles. The molecular formula is C36H52BrN7O6. The molecule has 0 bridgehead atoms. The number of nitrogens with one attached hydrogen (secondary N) is 4. The Bertz CT molecular complexity index is 1670. The number of ether oxygens (including phenoxy) is 2. The fourth-order valence-corrected chi connectivity index (χ4v) is 7.29. The lowest BCUT2D eigenvalue weighted by molar-refractivity contribution is -0.134. The van der Waals surface area contributed by atoms with Crippen molar-refractivity contribution in [3.05, 3.63) is 40.0 Å². The van der Waals surface area contributed by atoms with Crippen molar-refractivity contribution in [2.24, 2.45) is 5.92 Å². The molecule has 14 heteroatoms. The third-order valence-corrected chi connectivity index (χ3v) is 9.53. The van der Waals surface area contributed by atoms with E-state index >= 15 is 0 Å².